The van der Waals surface area contributed by atoms with Gasteiger partial charge in [0.05, 0.1) is 12.1 Å². The van der Waals surface area contributed by atoms with Gasteiger partial charge in [-0.1, -0.05) is 60.7 Å². The fourth-order valence-electron chi connectivity index (χ4n) is 4.07. The van der Waals surface area contributed by atoms with Crippen LogP contribution in [0.5, 0.6) is 0 Å². The van der Waals surface area contributed by atoms with Gasteiger partial charge in [-0.05, 0) is 43.2 Å². The number of para-hydroxylation sites is 1. The summed E-state index contributed by atoms with van der Waals surface area (Å²) < 4.78 is 0. The highest BCUT2D eigenvalue weighted by Crippen LogP contribution is 2.37. The molecule has 31 heavy (non-hydrogen) atoms. The summed E-state index contributed by atoms with van der Waals surface area (Å²) in [6, 6.07) is 24.1. The summed E-state index contributed by atoms with van der Waals surface area (Å²) in [5.74, 6) is -0.421. The minimum atomic E-state index is -0.717. The van der Waals surface area contributed by atoms with Crippen LogP contribution in [0.1, 0.15) is 36.6 Å². The second-order valence-corrected chi connectivity index (χ2v) is 7.68. The molecule has 0 aromatic heterocycles. The molecule has 0 spiro atoms. The Balaban J connectivity index is 1.79. The number of anilines is 2. The lowest BCUT2D eigenvalue weighted by atomic mass is 9.91. The van der Waals surface area contributed by atoms with E-state index in [0.717, 1.165) is 28.1 Å². The van der Waals surface area contributed by atoms with E-state index in [-0.39, 0.29) is 11.7 Å². The predicted octanol–water partition coefficient (Wildman–Crippen LogP) is 4.47. The van der Waals surface area contributed by atoms with Crippen molar-refractivity contribution in [1.82, 2.24) is 5.32 Å². The van der Waals surface area contributed by atoms with E-state index in [2.05, 4.69) is 10.2 Å². The number of nitrogen functional groups attached to an aromatic ring is 1. The first-order valence-electron chi connectivity index (χ1n) is 10.2. The SMILES string of the molecule is CC(=O)[C@@H](NC(=O)C1=C(C)N(c2ccccc2)Cc2c(N)cccc21)c1ccccc1. The molecule has 0 unspecified atom stereocenters. The maximum Gasteiger partial charge on any atom is 0.254 e. The van der Waals surface area contributed by atoms with Crippen molar-refractivity contribution in [1.29, 1.82) is 0 Å². The number of fused-ring (bicyclic) bond motifs is 1. The molecule has 5 heteroatoms. The van der Waals surface area contributed by atoms with Crippen LogP contribution in [0.2, 0.25) is 0 Å². The predicted molar refractivity (Wildman–Crippen MR) is 124 cm³/mol. The largest absolute Gasteiger partial charge is 0.398 e. The number of hydrogen-bond acceptors (Lipinski definition) is 4. The number of carbonyl (C=O) groups excluding carboxylic acids is 2. The smallest absolute Gasteiger partial charge is 0.254 e. The van der Waals surface area contributed by atoms with Crippen LogP contribution < -0.4 is 16.0 Å². The van der Waals surface area contributed by atoms with Gasteiger partial charge in [-0.15, -0.1) is 0 Å². The summed E-state index contributed by atoms with van der Waals surface area (Å²) in [6.45, 7) is 3.99. The van der Waals surface area contributed by atoms with Crippen molar-refractivity contribution in [3.8, 4) is 0 Å². The second-order valence-electron chi connectivity index (χ2n) is 7.68. The van der Waals surface area contributed by atoms with E-state index >= 15 is 0 Å². The fourth-order valence-corrected chi connectivity index (χ4v) is 4.07. The van der Waals surface area contributed by atoms with E-state index in [9.17, 15) is 9.59 Å². The molecule has 1 aliphatic heterocycles. The first-order valence-corrected chi connectivity index (χ1v) is 10.2. The van der Waals surface area contributed by atoms with E-state index in [1.807, 2.05) is 85.8 Å². The maximum absolute atomic E-state index is 13.6. The molecule has 0 aliphatic carbocycles. The normalized spacial score (nSPS) is 14.1. The number of amides is 1. The average Bonchev–Trinajstić information content (AvgIpc) is 2.78. The van der Waals surface area contributed by atoms with Crippen LogP contribution in [0.15, 0.2) is 84.6 Å². The molecule has 1 atom stereocenters. The van der Waals surface area contributed by atoms with Crippen LogP contribution in [-0.2, 0) is 16.1 Å². The van der Waals surface area contributed by atoms with Crippen LogP contribution in [0.4, 0.5) is 11.4 Å². The van der Waals surface area contributed by atoms with Crippen molar-refractivity contribution >= 4 is 28.6 Å². The van der Waals surface area contributed by atoms with Gasteiger partial charge in [-0.3, -0.25) is 9.59 Å². The van der Waals surface area contributed by atoms with Crippen LogP contribution in [0.3, 0.4) is 0 Å². The Labute approximate surface area is 182 Å². The first-order chi connectivity index (χ1) is 15.0. The molecule has 0 fully saturated rings. The number of hydrogen-bond donors (Lipinski definition) is 2. The number of ketones is 1. The highest BCUT2D eigenvalue weighted by atomic mass is 16.2. The minimum absolute atomic E-state index is 0.124. The second kappa shape index (κ2) is 8.48. The lowest BCUT2D eigenvalue weighted by molar-refractivity contribution is -0.124. The van der Waals surface area contributed by atoms with Crippen molar-refractivity contribution in [2.75, 3.05) is 10.6 Å². The van der Waals surface area contributed by atoms with Gasteiger partial charge in [0, 0.05) is 22.6 Å². The maximum atomic E-state index is 13.6. The molecule has 3 N–H and O–H groups in total. The molecule has 0 saturated carbocycles. The summed E-state index contributed by atoms with van der Waals surface area (Å²) in [6.07, 6.45) is 0. The number of nitrogens with two attached hydrogens (primary N) is 1. The Morgan fingerprint density at radius 3 is 2.23 bits per heavy atom. The molecule has 3 aromatic rings. The Hall–Kier alpha value is -3.86. The van der Waals surface area contributed by atoms with Crippen LogP contribution in [0, 0.1) is 0 Å². The lowest BCUT2D eigenvalue weighted by Gasteiger charge is -2.34. The summed E-state index contributed by atoms with van der Waals surface area (Å²) >= 11 is 0. The minimum Gasteiger partial charge on any atom is -0.398 e. The van der Waals surface area contributed by atoms with E-state index in [1.54, 1.807) is 0 Å². The molecule has 3 aromatic carbocycles. The number of nitrogens with one attached hydrogen (secondary N) is 1. The molecule has 1 heterocycles. The zero-order chi connectivity index (χ0) is 22.0. The number of rotatable bonds is 5. The van der Waals surface area contributed by atoms with Gasteiger partial charge in [0.15, 0.2) is 5.78 Å². The topological polar surface area (TPSA) is 75.4 Å². The zero-order valence-electron chi connectivity index (χ0n) is 17.6. The quantitative estimate of drug-likeness (QED) is 0.608. The Bertz CT molecular complexity index is 1150. The third kappa shape index (κ3) is 3.94. The van der Waals surface area contributed by atoms with E-state index in [1.165, 1.54) is 6.92 Å². The molecule has 1 amide bonds. The van der Waals surface area contributed by atoms with Gasteiger partial charge in [-0.2, -0.15) is 0 Å². The highest BCUT2D eigenvalue weighted by molar-refractivity contribution is 6.22. The summed E-state index contributed by atoms with van der Waals surface area (Å²) in [5, 5.41) is 2.95. The standard InChI is InChI=1S/C26H25N3O2/c1-17-24(26(31)28-25(18(2)30)19-10-5-3-6-11-19)21-14-9-15-23(27)22(21)16-29(17)20-12-7-4-8-13-20/h3-15,25H,16,27H2,1-2H3,(H,28,31)/t25-/m1/s1. The van der Waals surface area contributed by atoms with Gasteiger partial charge in [0.25, 0.3) is 5.91 Å². The molecule has 1 aliphatic rings. The average molecular weight is 412 g/mol. The van der Waals surface area contributed by atoms with Crippen LogP contribution in [0.25, 0.3) is 5.57 Å². The van der Waals surface area contributed by atoms with E-state index < -0.39 is 6.04 Å². The Morgan fingerprint density at radius 2 is 1.58 bits per heavy atom. The van der Waals surface area contributed by atoms with Crippen molar-refractivity contribution in [3.05, 3.63) is 101 Å². The number of benzene rings is 3. The van der Waals surface area contributed by atoms with Crippen LogP contribution in [-0.4, -0.2) is 11.7 Å². The molecule has 0 saturated heterocycles. The first kappa shape index (κ1) is 20.4. The van der Waals surface area contributed by atoms with Crippen LogP contribution >= 0.6 is 0 Å². The monoisotopic (exact) mass is 411 g/mol. The summed E-state index contributed by atoms with van der Waals surface area (Å²) in [7, 11) is 0. The lowest BCUT2D eigenvalue weighted by Crippen LogP contribution is -2.37. The Morgan fingerprint density at radius 1 is 0.935 bits per heavy atom. The summed E-state index contributed by atoms with van der Waals surface area (Å²) in [4.78, 5) is 28.0. The van der Waals surface area contributed by atoms with Gasteiger partial charge in [0.2, 0.25) is 0 Å². The fraction of sp³-hybridized carbons (Fsp3) is 0.154. The van der Waals surface area contributed by atoms with Crippen molar-refractivity contribution < 1.29 is 9.59 Å². The molecule has 156 valence electrons. The molecule has 5 nitrogen and oxygen atoms in total. The zero-order valence-corrected chi connectivity index (χ0v) is 17.6. The van der Waals surface area contributed by atoms with Gasteiger partial charge in [-0.25, -0.2) is 0 Å². The van der Waals surface area contributed by atoms with Crippen molar-refractivity contribution in [2.45, 2.75) is 26.4 Å². The van der Waals surface area contributed by atoms with Gasteiger partial charge in [0.1, 0.15) is 6.04 Å². The van der Waals surface area contributed by atoms with E-state index in [4.69, 9.17) is 5.73 Å². The molecule has 0 radical (unpaired) electrons. The molecule has 4 rings (SSSR count). The van der Waals surface area contributed by atoms with Crippen molar-refractivity contribution in [2.24, 2.45) is 0 Å². The number of carbonyl (C=O) groups is 2. The molecule has 0 bridgehead atoms. The molecular weight excluding hydrogens is 386 g/mol. The number of nitrogens with zero attached hydrogens (tertiary/aromatic N) is 1. The molecular formula is C26H25N3O2. The summed E-state index contributed by atoms with van der Waals surface area (Å²) in [5.41, 5.74) is 11.7. The Kier molecular flexibility index (Phi) is 5.58. The number of allylic oxidation sites excluding steroid dienone is 1. The number of Topliss-reactive ketones (excluding diaryl/α,β-unsaturated/α-hetero) is 1. The third-order valence-corrected chi connectivity index (χ3v) is 5.67. The van der Waals surface area contributed by atoms with E-state index in [0.29, 0.717) is 17.8 Å². The van der Waals surface area contributed by atoms with Gasteiger partial charge >= 0.3 is 0 Å². The van der Waals surface area contributed by atoms with Gasteiger partial charge < -0.3 is 16.0 Å². The highest BCUT2D eigenvalue weighted by Gasteiger charge is 2.30. The third-order valence-electron chi connectivity index (χ3n) is 5.67. The van der Waals surface area contributed by atoms with Crippen molar-refractivity contribution in [3.63, 3.8) is 0 Å².